The van der Waals surface area contributed by atoms with Crippen LogP contribution in [0, 0.1) is 0 Å². The third-order valence-electron chi connectivity index (χ3n) is 4.05. The number of carbonyl (C=O) groups is 1. The lowest BCUT2D eigenvalue weighted by molar-refractivity contribution is -0.132. The second-order valence-corrected chi connectivity index (χ2v) is 7.89. The smallest absolute Gasteiger partial charge is 0.308 e. The van der Waals surface area contributed by atoms with Gasteiger partial charge in [-0.25, -0.2) is 8.93 Å². The van der Waals surface area contributed by atoms with Gasteiger partial charge < -0.3 is 14.3 Å². The standard InChI is InChI=1S/C19H18BrNO6S/c1-11(22)26-19-16(23)17(27-18(19)15(20)9-10-21-28(24)25)14-8-4-6-12-5-2-3-7-13(12)14/h2-8,15,21,23H,9-10H2,1H3,(H,24,25). The molecule has 0 aliphatic rings. The lowest BCUT2D eigenvalue weighted by Gasteiger charge is -2.09. The Hall–Kier alpha value is -2.20. The number of esters is 1. The number of alkyl halides is 1. The van der Waals surface area contributed by atoms with E-state index in [-0.39, 0.29) is 29.6 Å². The molecule has 0 saturated heterocycles. The summed E-state index contributed by atoms with van der Waals surface area (Å²) in [6.45, 7) is 1.43. The Labute approximate surface area is 172 Å². The minimum absolute atomic E-state index is 0.0672. The molecule has 0 aliphatic carbocycles. The first kappa shape index (κ1) is 20.5. The highest BCUT2D eigenvalue weighted by atomic mass is 79.9. The Kier molecular flexibility index (Phi) is 6.50. The van der Waals surface area contributed by atoms with Crippen molar-refractivity contribution >= 4 is 43.9 Å². The maximum Gasteiger partial charge on any atom is 0.308 e. The molecule has 0 saturated carbocycles. The topological polar surface area (TPSA) is 109 Å². The maximum atomic E-state index is 11.5. The first-order valence-electron chi connectivity index (χ1n) is 8.39. The molecular formula is C19H18BrNO6S. The fourth-order valence-corrected chi connectivity index (χ4v) is 3.71. The van der Waals surface area contributed by atoms with Crippen LogP contribution in [0.25, 0.3) is 22.1 Å². The van der Waals surface area contributed by atoms with Crippen molar-refractivity contribution in [3.63, 3.8) is 0 Å². The van der Waals surface area contributed by atoms with Crippen LogP contribution in [0.2, 0.25) is 0 Å². The van der Waals surface area contributed by atoms with Crippen molar-refractivity contribution in [2.75, 3.05) is 6.54 Å². The van der Waals surface area contributed by atoms with Crippen LogP contribution in [0.3, 0.4) is 0 Å². The second-order valence-electron chi connectivity index (χ2n) is 5.99. The molecule has 0 radical (unpaired) electrons. The van der Waals surface area contributed by atoms with E-state index in [1.807, 2.05) is 42.5 Å². The van der Waals surface area contributed by atoms with Crippen molar-refractivity contribution in [1.29, 1.82) is 0 Å². The van der Waals surface area contributed by atoms with Crippen molar-refractivity contribution in [2.24, 2.45) is 0 Å². The predicted molar refractivity (Wildman–Crippen MR) is 110 cm³/mol. The van der Waals surface area contributed by atoms with Crippen LogP contribution < -0.4 is 9.46 Å². The molecule has 0 aliphatic heterocycles. The number of benzene rings is 2. The number of hydrogen-bond donors (Lipinski definition) is 3. The minimum atomic E-state index is -2.13. The summed E-state index contributed by atoms with van der Waals surface area (Å²) in [4.78, 5) is 11.1. The van der Waals surface area contributed by atoms with Gasteiger partial charge in [0.2, 0.25) is 22.8 Å². The molecule has 0 amide bonds. The normalized spacial score (nSPS) is 13.4. The molecule has 28 heavy (non-hydrogen) atoms. The summed E-state index contributed by atoms with van der Waals surface area (Å²) in [5, 5.41) is 12.6. The van der Waals surface area contributed by atoms with Crippen molar-refractivity contribution in [3.8, 4) is 22.8 Å². The van der Waals surface area contributed by atoms with Gasteiger partial charge in [0.05, 0.1) is 4.83 Å². The highest BCUT2D eigenvalue weighted by Crippen LogP contribution is 2.49. The summed E-state index contributed by atoms with van der Waals surface area (Å²) in [7, 11) is 0. The predicted octanol–water partition coefficient (Wildman–Crippen LogP) is 4.28. The van der Waals surface area contributed by atoms with E-state index in [0.29, 0.717) is 12.0 Å². The van der Waals surface area contributed by atoms with Crippen LogP contribution in [-0.2, 0) is 16.1 Å². The Balaban J connectivity index is 2.06. The summed E-state index contributed by atoms with van der Waals surface area (Å²) in [6, 6.07) is 13.2. The molecule has 0 fully saturated rings. The summed E-state index contributed by atoms with van der Waals surface area (Å²) in [5.74, 6) is -0.532. The van der Waals surface area contributed by atoms with Crippen molar-refractivity contribution in [1.82, 2.24) is 4.72 Å². The van der Waals surface area contributed by atoms with E-state index < -0.39 is 22.1 Å². The number of furan rings is 1. The monoisotopic (exact) mass is 467 g/mol. The van der Waals surface area contributed by atoms with E-state index in [2.05, 4.69) is 20.7 Å². The van der Waals surface area contributed by atoms with Crippen molar-refractivity contribution < 1.29 is 27.8 Å². The van der Waals surface area contributed by atoms with Gasteiger partial charge >= 0.3 is 5.97 Å². The fourth-order valence-electron chi connectivity index (χ4n) is 2.88. The number of fused-ring (bicyclic) bond motifs is 1. The number of hydrogen-bond acceptors (Lipinski definition) is 5. The fraction of sp³-hybridized carbons (Fsp3) is 0.211. The average molecular weight is 468 g/mol. The SMILES string of the molecule is CC(=O)Oc1c(C(Br)CCNS(=O)O)oc(-c2cccc3ccccc23)c1O. The first-order valence-corrected chi connectivity index (χ1v) is 10.4. The van der Waals surface area contributed by atoms with Gasteiger partial charge in [-0.05, 0) is 17.2 Å². The molecule has 3 aromatic rings. The molecular weight excluding hydrogens is 450 g/mol. The average Bonchev–Trinajstić information content (AvgIpc) is 2.97. The Morgan fingerprint density at radius 2 is 2.00 bits per heavy atom. The van der Waals surface area contributed by atoms with E-state index in [1.54, 1.807) is 0 Å². The van der Waals surface area contributed by atoms with Gasteiger partial charge in [-0.2, -0.15) is 0 Å². The van der Waals surface area contributed by atoms with Crippen LogP contribution in [0.1, 0.15) is 23.9 Å². The lowest BCUT2D eigenvalue weighted by Crippen LogP contribution is -2.18. The third-order valence-corrected chi connectivity index (χ3v) is 5.38. The molecule has 9 heteroatoms. The molecule has 0 spiro atoms. The van der Waals surface area contributed by atoms with Gasteiger partial charge in [0.25, 0.3) is 0 Å². The zero-order valence-corrected chi connectivity index (χ0v) is 17.2. The number of aromatic hydroxyl groups is 1. The number of ether oxygens (including phenoxy) is 1. The van der Waals surface area contributed by atoms with Crippen LogP contribution >= 0.6 is 15.9 Å². The van der Waals surface area contributed by atoms with Crippen molar-refractivity contribution in [2.45, 2.75) is 18.2 Å². The molecule has 148 valence electrons. The van der Waals surface area contributed by atoms with Gasteiger partial charge in [-0.3, -0.25) is 9.35 Å². The Morgan fingerprint density at radius 1 is 1.29 bits per heavy atom. The maximum absolute atomic E-state index is 11.5. The highest BCUT2D eigenvalue weighted by molar-refractivity contribution is 9.09. The summed E-state index contributed by atoms with van der Waals surface area (Å²) in [6.07, 6.45) is 0.350. The number of carbonyl (C=O) groups excluding carboxylic acids is 1. The molecule has 3 rings (SSSR count). The minimum Gasteiger partial charge on any atom is -0.502 e. The Bertz CT molecular complexity index is 1030. The van der Waals surface area contributed by atoms with Gasteiger partial charge in [-0.1, -0.05) is 58.4 Å². The lowest BCUT2D eigenvalue weighted by atomic mass is 10.0. The Morgan fingerprint density at radius 3 is 2.71 bits per heavy atom. The molecule has 7 nitrogen and oxygen atoms in total. The van der Waals surface area contributed by atoms with Crippen LogP contribution in [0.15, 0.2) is 46.9 Å². The summed E-state index contributed by atoms with van der Waals surface area (Å²) in [5.41, 5.74) is 0.657. The van der Waals surface area contributed by atoms with Gasteiger partial charge in [0, 0.05) is 19.0 Å². The highest BCUT2D eigenvalue weighted by Gasteiger charge is 2.28. The van der Waals surface area contributed by atoms with E-state index >= 15 is 0 Å². The van der Waals surface area contributed by atoms with Gasteiger partial charge in [0.1, 0.15) is 0 Å². The molecule has 2 aromatic carbocycles. The molecule has 1 heterocycles. The third kappa shape index (κ3) is 4.44. The van der Waals surface area contributed by atoms with Crippen LogP contribution in [0.4, 0.5) is 0 Å². The molecule has 0 bridgehead atoms. The van der Waals surface area contributed by atoms with E-state index in [0.717, 1.165) is 10.8 Å². The van der Waals surface area contributed by atoms with E-state index in [9.17, 15) is 14.1 Å². The number of rotatable bonds is 7. The van der Waals surface area contributed by atoms with E-state index in [4.69, 9.17) is 13.7 Å². The molecule has 3 N–H and O–H groups in total. The van der Waals surface area contributed by atoms with Gasteiger partial charge in [0.15, 0.2) is 11.5 Å². The summed E-state index contributed by atoms with van der Waals surface area (Å²) >= 11 is 1.30. The van der Waals surface area contributed by atoms with E-state index in [1.165, 1.54) is 6.92 Å². The van der Waals surface area contributed by atoms with Crippen LogP contribution in [0.5, 0.6) is 11.5 Å². The summed E-state index contributed by atoms with van der Waals surface area (Å²) < 4.78 is 33.1. The number of halogens is 1. The second kappa shape index (κ2) is 8.87. The van der Waals surface area contributed by atoms with Crippen LogP contribution in [-0.4, -0.2) is 26.4 Å². The zero-order valence-electron chi connectivity index (χ0n) is 14.8. The number of nitrogens with one attached hydrogen (secondary N) is 1. The first-order chi connectivity index (χ1) is 13.4. The van der Waals surface area contributed by atoms with Gasteiger partial charge in [-0.15, -0.1) is 0 Å². The molecule has 2 unspecified atom stereocenters. The zero-order chi connectivity index (χ0) is 20.3. The molecule has 1 aromatic heterocycles. The molecule has 2 atom stereocenters. The largest absolute Gasteiger partial charge is 0.502 e. The quantitative estimate of drug-likeness (QED) is 0.271. The van der Waals surface area contributed by atoms with Crippen molar-refractivity contribution in [3.05, 3.63) is 48.2 Å².